The molecule has 1 aromatic rings. The number of anilines is 2. The molecular formula is C13H20N2O2. The van der Waals surface area contributed by atoms with Gasteiger partial charge in [-0.1, -0.05) is 20.8 Å². The lowest BCUT2D eigenvalue weighted by Gasteiger charge is -2.23. The van der Waals surface area contributed by atoms with Crippen LogP contribution < -0.4 is 20.5 Å². The number of fused-ring (bicyclic) bond motifs is 1. The topological polar surface area (TPSA) is 56.5 Å². The van der Waals surface area contributed by atoms with Crippen LogP contribution in [0.2, 0.25) is 0 Å². The van der Waals surface area contributed by atoms with Crippen LogP contribution in [0.1, 0.15) is 20.8 Å². The highest BCUT2D eigenvalue weighted by Gasteiger charge is 2.16. The zero-order valence-electron chi connectivity index (χ0n) is 10.7. The molecule has 3 N–H and O–H groups in total. The molecule has 0 saturated heterocycles. The summed E-state index contributed by atoms with van der Waals surface area (Å²) in [5.74, 6) is 1.50. The van der Waals surface area contributed by atoms with Crippen LogP contribution in [0.15, 0.2) is 12.1 Å². The lowest BCUT2D eigenvalue weighted by atomic mass is 9.97. The Morgan fingerprint density at radius 3 is 2.35 bits per heavy atom. The zero-order chi connectivity index (χ0) is 12.5. The Labute approximate surface area is 102 Å². The van der Waals surface area contributed by atoms with Crippen molar-refractivity contribution in [3.63, 3.8) is 0 Å². The number of nitrogens with one attached hydrogen (secondary N) is 1. The molecule has 0 unspecified atom stereocenters. The molecule has 4 nitrogen and oxygen atoms in total. The molecule has 0 atom stereocenters. The van der Waals surface area contributed by atoms with Crippen molar-refractivity contribution in [2.45, 2.75) is 20.8 Å². The minimum atomic E-state index is 0.208. The molecule has 17 heavy (non-hydrogen) atoms. The molecule has 0 aliphatic carbocycles. The smallest absolute Gasteiger partial charge is 0.163 e. The number of hydrogen-bond acceptors (Lipinski definition) is 4. The van der Waals surface area contributed by atoms with Crippen LogP contribution in [-0.2, 0) is 0 Å². The third kappa shape index (κ3) is 2.96. The monoisotopic (exact) mass is 236 g/mol. The Morgan fingerprint density at radius 1 is 1.18 bits per heavy atom. The molecule has 0 saturated carbocycles. The maximum atomic E-state index is 5.98. The third-order valence-corrected chi connectivity index (χ3v) is 2.52. The molecule has 0 bridgehead atoms. The van der Waals surface area contributed by atoms with E-state index < -0.39 is 0 Å². The van der Waals surface area contributed by atoms with Gasteiger partial charge in [0.1, 0.15) is 13.2 Å². The van der Waals surface area contributed by atoms with Gasteiger partial charge in [0.15, 0.2) is 11.5 Å². The van der Waals surface area contributed by atoms with Gasteiger partial charge < -0.3 is 20.5 Å². The van der Waals surface area contributed by atoms with E-state index >= 15 is 0 Å². The fraction of sp³-hybridized carbons (Fsp3) is 0.538. The van der Waals surface area contributed by atoms with Crippen molar-refractivity contribution in [2.75, 3.05) is 30.8 Å². The van der Waals surface area contributed by atoms with Gasteiger partial charge in [0, 0.05) is 18.7 Å². The van der Waals surface area contributed by atoms with Gasteiger partial charge in [0.25, 0.3) is 0 Å². The Bertz CT molecular complexity index is 411. The van der Waals surface area contributed by atoms with E-state index in [0.29, 0.717) is 18.9 Å². The van der Waals surface area contributed by atoms with Crippen LogP contribution in [0.4, 0.5) is 11.4 Å². The fourth-order valence-electron chi connectivity index (χ4n) is 1.62. The zero-order valence-corrected chi connectivity index (χ0v) is 10.7. The van der Waals surface area contributed by atoms with E-state index in [-0.39, 0.29) is 5.41 Å². The number of nitrogens with two attached hydrogens (primary N) is 1. The van der Waals surface area contributed by atoms with Crippen molar-refractivity contribution < 1.29 is 9.47 Å². The molecule has 1 heterocycles. The predicted molar refractivity (Wildman–Crippen MR) is 69.8 cm³/mol. The first kappa shape index (κ1) is 11.9. The second-order valence-electron chi connectivity index (χ2n) is 5.50. The van der Waals surface area contributed by atoms with Gasteiger partial charge in [-0.15, -0.1) is 0 Å². The van der Waals surface area contributed by atoms with Gasteiger partial charge in [0.05, 0.1) is 11.4 Å². The van der Waals surface area contributed by atoms with E-state index in [0.717, 1.165) is 23.7 Å². The molecule has 0 radical (unpaired) electrons. The van der Waals surface area contributed by atoms with Crippen LogP contribution in [0.3, 0.4) is 0 Å². The summed E-state index contributed by atoms with van der Waals surface area (Å²) >= 11 is 0. The second-order valence-corrected chi connectivity index (χ2v) is 5.50. The minimum absolute atomic E-state index is 0.208. The summed E-state index contributed by atoms with van der Waals surface area (Å²) in [6.45, 7) is 8.56. The highest BCUT2D eigenvalue weighted by molar-refractivity contribution is 5.72. The average molecular weight is 236 g/mol. The Morgan fingerprint density at radius 2 is 1.76 bits per heavy atom. The average Bonchev–Trinajstić information content (AvgIpc) is 2.25. The SMILES string of the molecule is CC(C)(C)CNc1cc2c(cc1N)OCCO2. The number of hydrogen-bond donors (Lipinski definition) is 2. The lowest BCUT2D eigenvalue weighted by Crippen LogP contribution is -2.20. The molecule has 0 fully saturated rings. The Balaban J connectivity index is 2.17. The summed E-state index contributed by atoms with van der Waals surface area (Å²) in [7, 11) is 0. The van der Waals surface area contributed by atoms with Gasteiger partial charge in [0.2, 0.25) is 0 Å². The first-order valence-corrected chi connectivity index (χ1v) is 5.89. The van der Waals surface area contributed by atoms with Gasteiger partial charge in [-0.25, -0.2) is 0 Å². The number of rotatable bonds is 2. The van der Waals surface area contributed by atoms with Crippen molar-refractivity contribution in [2.24, 2.45) is 5.41 Å². The van der Waals surface area contributed by atoms with Gasteiger partial charge in [-0.2, -0.15) is 0 Å². The maximum absolute atomic E-state index is 5.98. The van der Waals surface area contributed by atoms with Crippen LogP contribution >= 0.6 is 0 Å². The van der Waals surface area contributed by atoms with Crippen molar-refractivity contribution in [1.29, 1.82) is 0 Å². The standard InChI is InChI=1S/C13H20N2O2/c1-13(2,3)8-15-10-7-12-11(6-9(10)14)16-4-5-17-12/h6-7,15H,4-5,8,14H2,1-3H3. The van der Waals surface area contributed by atoms with E-state index in [4.69, 9.17) is 15.2 Å². The summed E-state index contributed by atoms with van der Waals surface area (Å²) in [5.41, 5.74) is 7.78. The number of benzene rings is 1. The molecule has 0 aromatic heterocycles. The molecule has 1 aliphatic rings. The first-order chi connectivity index (χ1) is 7.96. The number of nitrogen functional groups attached to an aromatic ring is 1. The largest absolute Gasteiger partial charge is 0.486 e. The van der Waals surface area contributed by atoms with E-state index in [9.17, 15) is 0 Å². The van der Waals surface area contributed by atoms with Crippen molar-refractivity contribution in [3.8, 4) is 11.5 Å². The molecule has 1 aliphatic heterocycles. The summed E-state index contributed by atoms with van der Waals surface area (Å²) in [4.78, 5) is 0. The van der Waals surface area contributed by atoms with Crippen molar-refractivity contribution >= 4 is 11.4 Å². The van der Waals surface area contributed by atoms with E-state index in [1.165, 1.54) is 0 Å². The minimum Gasteiger partial charge on any atom is -0.486 e. The first-order valence-electron chi connectivity index (χ1n) is 5.89. The van der Waals surface area contributed by atoms with Crippen molar-refractivity contribution in [3.05, 3.63) is 12.1 Å². The summed E-state index contributed by atoms with van der Waals surface area (Å²) in [6.07, 6.45) is 0. The lowest BCUT2D eigenvalue weighted by molar-refractivity contribution is 0.172. The van der Waals surface area contributed by atoms with Gasteiger partial charge in [-0.3, -0.25) is 0 Å². The van der Waals surface area contributed by atoms with Gasteiger partial charge >= 0.3 is 0 Å². The normalized spacial score (nSPS) is 14.5. The van der Waals surface area contributed by atoms with E-state index in [1.54, 1.807) is 0 Å². The molecule has 0 amide bonds. The van der Waals surface area contributed by atoms with E-state index in [1.807, 2.05) is 12.1 Å². The van der Waals surface area contributed by atoms with Crippen LogP contribution in [-0.4, -0.2) is 19.8 Å². The summed E-state index contributed by atoms with van der Waals surface area (Å²) in [5, 5.41) is 3.34. The van der Waals surface area contributed by atoms with Crippen LogP contribution in [0.5, 0.6) is 11.5 Å². The highest BCUT2D eigenvalue weighted by atomic mass is 16.6. The maximum Gasteiger partial charge on any atom is 0.163 e. The Hall–Kier alpha value is -1.58. The second kappa shape index (κ2) is 4.35. The fourth-order valence-corrected chi connectivity index (χ4v) is 1.62. The highest BCUT2D eigenvalue weighted by Crippen LogP contribution is 2.37. The molecule has 0 spiro atoms. The third-order valence-electron chi connectivity index (χ3n) is 2.52. The molecule has 4 heteroatoms. The molecule has 2 rings (SSSR count). The molecule has 1 aromatic carbocycles. The predicted octanol–water partition coefficient (Wildman–Crippen LogP) is 2.50. The Kier molecular flexibility index (Phi) is 3.05. The summed E-state index contributed by atoms with van der Waals surface area (Å²) < 4.78 is 11.0. The molecule has 94 valence electrons. The summed E-state index contributed by atoms with van der Waals surface area (Å²) in [6, 6.07) is 3.73. The molecular weight excluding hydrogens is 216 g/mol. The van der Waals surface area contributed by atoms with Crippen molar-refractivity contribution in [1.82, 2.24) is 0 Å². The van der Waals surface area contributed by atoms with Crippen LogP contribution in [0, 0.1) is 5.41 Å². The quantitative estimate of drug-likeness (QED) is 0.775. The van der Waals surface area contributed by atoms with Crippen LogP contribution in [0.25, 0.3) is 0 Å². The van der Waals surface area contributed by atoms with E-state index in [2.05, 4.69) is 26.1 Å². The number of ether oxygens (including phenoxy) is 2. The van der Waals surface area contributed by atoms with Gasteiger partial charge in [-0.05, 0) is 5.41 Å².